The number of carbonyl (C=O) groups excluding carboxylic acids is 1. The summed E-state index contributed by atoms with van der Waals surface area (Å²) in [5.41, 5.74) is 2.66. The number of nitro benzene ring substituents is 2. The van der Waals surface area contributed by atoms with Gasteiger partial charge in [0.25, 0.3) is 17.3 Å². The van der Waals surface area contributed by atoms with E-state index in [1.54, 1.807) is 24.3 Å². The molecule has 0 aliphatic rings. The summed E-state index contributed by atoms with van der Waals surface area (Å²) in [6, 6.07) is 13.2. The van der Waals surface area contributed by atoms with Crippen LogP contribution in [0.25, 0.3) is 21.4 Å². The molecule has 0 aliphatic carbocycles. The average molecular weight is 471 g/mol. The first-order valence-corrected chi connectivity index (χ1v) is 10.1. The number of nitro groups is 2. The fourth-order valence-electron chi connectivity index (χ4n) is 2.85. The Labute approximate surface area is 188 Å². The lowest BCUT2D eigenvalue weighted by Gasteiger charge is -2.00. The Kier molecular flexibility index (Phi) is 5.67. The van der Waals surface area contributed by atoms with Gasteiger partial charge in [0.2, 0.25) is 0 Å². The standard InChI is InChI=1S/C20H11ClN4O6S/c21-16-9-13(25(29)30)1-4-15(16)17-5-3-14(31-17)10-22-23-20(26)19-8-11-7-12(24(27)28)2-6-18(11)32-19/h1-10H,(H,23,26)/b22-10-. The Morgan fingerprint density at radius 3 is 2.47 bits per heavy atom. The van der Waals surface area contributed by atoms with Crippen molar-refractivity contribution < 1.29 is 19.1 Å². The molecule has 0 spiro atoms. The van der Waals surface area contributed by atoms with Gasteiger partial charge in [-0.1, -0.05) is 11.6 Å². The van der Waals surface area contributed by atoms with Crippen LogP contribution in [0, 0.1) is 20.2 Å². The molecule has 4 rings (SSSR count). The summed E-state index contributed by atoms with van der Waals surface area (Å²) in [7, 11) is 0. The van der Waals surface area contributed by atoms with Crippen molar-refractivity contribution in [1.82, 2.24) is 5.43 Å². The Hall–Kier alpha value is -4.09. The smallest absolute Gasteiger partial charge is 0.281 e. The van der Waals surface area contributed by atoms with Gasteiger partial charge in [0, 0.05) is 39.9 Å². The Morgan fingerprint density at radius 1 is 1.03 bits per heavy atom. The van der Waals surface area contributed by atoms with Gasteiger partial charge in [0.05, 0.1) is 26.0 Å². The van der Waals surface area contributed by atoms with Crippen LogP contribution in [0.5, 0.6) is 0 Å². The number of fused-ring (bicyclic) bond motifs is 1. The predicted octanol–water partition coefficient (Wildman–Crippen LogP) is 5.40. The number of nitrogens with one attached hydrogen (secondary N) is 1. The molecular weight excluding hydrogens is 460 g/mol. The molecule has 12 heteroatoms. The number of nitrogens with zero attached hydrogens (tertiary/aromatic N) is 3. The topological polar surface area (TPSA) is 141 Å². The highest BCUT2D eigenvalue weighted by atomic mass is 35.5. The summed E-state index contributed by atoms with van der Waals surface area (Å²) in [6.45, 7) is 0. The van der Waals surface area contributed by atoms with Crippen molar-refractivity contribution in [3.8, 4) is 11.3 Å². The molecule has 2 aromatic carbocycles. The molecule has 0 saturated heterocycles. The van der Waals surface area contributed by atoms with Crippen molar-refractivity contribution in [2.75, 3.05) is 0 Å². The zero-order valence-electron chi connectivity index (χ0n) is 15.9. The summed E-state index contributed by atoms with van der Waals surface area (Å²) < 4.78 is 6.34. The Balaban J connectivity index is 1.45. The van der Waals surface area contributed by atoms with E-state index < -0.39 is 15.8 Å². The van der Waals surface area contributed by atoms with Crippen LogP contribution >= 0.6 is 22.9 Å². The number of non-ortho nitro benzene ring substituents is 2. The minimum absolute atomic E-state index is 0.0537. The van der Waals surface area contributed by atoms with Crippen LogP contribution in [-0.4, -0.2) is 22.0 Å². The molecule has 0 unspecified atom stereocenters. The SMILES string of the molecule is O=C(N/N=C\c1ccc(-c2ccc([N+](=O)[O-])cc2Cl)o1)c1cc2cc([N+](=O)[O-])ccc2s1. The van der Waals surface area contributed by atoms with Crippen LogP contribution in [0.2, 0.25) is 5.02 Å². The van der Waals surface area contributed by atoms with Crippen LogP contribution < -0.4 is 5.43 Å². The number of thiophene rings is 1. The molecule has 32 heavy (non-hydrogen) atoms. The number of hydrogen-bond acceptors (Lipinski definition) is 8. The normalized spacial score (nSPS) is 11.2. The van der Waals surface area contributed by atoms with E-state index in [-0.39, 0.29) is 16.4 Å². The molecule has 1 amide bonds. The fourth-order valence-corrected chi connectivity index (χ4v) is 4.05. The zero-order valence-corrected chi connectivity index (χ0v) is 17.4. The molecule has 160 valence electrons. The summed E-state index contributed by atoms with van der Waals surface area (Å²) >= 11 is 7.28. The van der Waals surface area contributed by atoms with Crippen molar-refractivity contribution in [2.24, 2.45) is 5.10 Å². The molecule has 0 aliphatic heterocycles. The van der Waals surface area contributed by atoms with Gasteiger partial charge in [-0.15, -0.1) is 11.3 Å². The number of benzene rings is 2. The Bertz CT molecular complexity index is 1410. The number of halogens is 1. The van der Waals surface area contributed by atoms with E-state index in [2.05, 4.69) is 10.5 Å². The first-order valence-electron chi connectivity index (χ1n) is 8.87. The van der Waals surface area contributed by atoms with Gasteiger partial charge in [0.1, 0.15) is 11.5 Å². The van der Waals surface area contributed by atoms with Crippen molar-refractivity contribution >= 4 is 56.5 Å². The van der Waals surface area contributed by atoms with E-state index in [1.807, 2.05) is 0 Å². The minimum Gasteiger partial charge on any atom is -0.455 e. The third kappa shape index (κ3) is 4.33. The van der Waals surface area contributed by atoms with Gasteiger partial charge in [-0.25, -0.2) is 5.43 Å². The van der Waals surface area contributed by atoms with Crippen molar-refractivity contribution in [3.05, 3.63) is 90.5 Å². The summed E-state index contributed by atoms with van der Waals surface area (Å²) in [4.78, 5) is 33.3. The molecule has 2 aromatic heterocycles. The van der Waals surface area contributed by atoms with Crippen LogP contribution in [0.1, 0.15) is 15.4 Å². The van der Waals surface area contributed by atoms with E-state index in [4.69, 9.17) is 16.0 Å². The maximum Gasteiger partial charge on any atom is 0.281 e. The van der Waals surface area contributed by atoms with Gasteiger partial charge >= 0.3 is 0 Å². The first kappa shape index (κ1) is 21.2. The molecular formula is C20H11ClN4O6S. The number of hydrogen-bond donors (Lipinski definition) is 1. The summed E-state index contributed by atoms with van der Waals surface area (Å²) in [5, 5.41) is 26.3. The molecule has 0 radical (unpaired) electrons. The maximum absolute atomic E-state index is 12.3. The lowest BCUT2D eigenvalue weighted by Crippen LogP contribution is -2.15. The van der Waals surface area contributed by atoms with Crippen molar-refractivity contribution in [1.29, 1.82) is 0 Å². The van der Waals surface area contributed by atoms with Gasteiger partial charge in [-0.2, -0.15) is 5.10 Å². The van der Waals surface area contributed by atoms with Gasteiger partial charge in [-0.05, 0) is 30.3 Å². The van der Waals surface area contributed by atoms with Gasteiger partial charge in [-0.3, -0.25) is 25.0 Å². The molecule has 4 aromatic rings. The van der Waals surface area contributed by atoms with Crippen LogP contribution in [0.3, 0.4) is 0 Å². The third-order valence-corrected chi connectivity index (χ3v) is 5.78. The predicted molar refractivity (Wildman–Crippen MR) is 119 cm³/mol. The quantitative estimate of drug-likeness (QED) is 0.227. The second kappa shape index (κ2) is 8.57. The second-order valence-corrected chi connectivity index (χ2v) is 7.90. The highest BCUT2D eigenvalue weighted by molar-refractivity contribution is 7.20. The zero-order chi connectivity index (χ0) is 22.8. The van der Waals surface area contributed by atoms with E-state index in [0.717, 1.165) is 4.70 Å². The molecule has 10 nitrogen and oxygen atoms in total. The Morgan fingerprint density at radius 2 is 1.75 bits per heavy atom. The maximum atomic E-state index is 12.3. The van der Waals surface area contributed by atoms with Crippen molar-refractivity contribution in [3.63, 3.8) is 0 Å². The lowest BCUT2D eigenvalue weighted by atomic mass is 10.1. The molecule has 0 atom stereocenters. The lowest BCUT2D eigenvalue weighted by molar-refractivity contribution is -0.385. The van der Waals surface area contributed by atoms with Crippen LogP contribution in [0.4, 0.5) is 11.4 Å². The fraction of sp³-hybridized carbons (Fsp3) is 0. The number of furan rings is 1. The van der Waals surface area contributed by atoms with Crippen LogP contribution in [-0.2, 0) is 0 Å². The van der Waals surface area contributed by atoms with E-state index in [9.17, 15) is 25.0 Å². The minimum atomic E-state index is -0.545. The highest BCUT2D eigenvalue weighted by Crippen LogP contribution is 2.32. The number of hydrazone groups is 1. The molecule has 2 heterocycles. The van der Waals surface area contributed by atoms with Gasteiger partial charge < -0.3 is 4.42 Å². The largest absolute Gasteiger partial charge is 0.455 e. The number of carbonyl (C=O) groups is 1. The summed E-state index contributed by atoms with van der Waals surface area (Å²) in [5.74, 6) is 0.223. The monoisotopic (exact) mass is 470 g/mol. The van der Waals surface area contributed by atoms with E-state index in [0.29, 0.717) is 27.3 Å². The number of amides is 1. The van der Waals surface area contributed by atoms with Crippen molar-refractivity contribution in [2.45, 2.75) is 0 Å². The van der Waals surface area contributed by atoms with Gasteiger partial charge in [0.15, 0.2) is 0 Å². The molecule has 0 saturated carbocycles. The van der Waals surface area contributed by atoms with E-state index >= 15 is 0 Å². The highest BCUT2D eigenvalue weighted by Gasteiger charge is 2.14. The average Bonchev–Trinajstić information content (AvgIpc) is 3.40. The second-order valence-electron chi connectivity index (χ2n) is 6.41. The van der Waals surface area contributed by atoms with Crippen LogP contribution in [0.15, 0.2) is 64.1 Å². The third-order valence-electron chi connectivity index (χ3n) is 4.35. The van der Waals surface area contributed by atoms with E-state index in [1.165, 1.54) is 47.9 Å². The number of rotatable bonds is 6. The first-order chi connectivity index (χ1) is 15.3. The molecule has 0 fully saturated rings. The molecule has 0 bridgehead atoms. The molecule has 1 N–H and O–H groups in total. The summed E-state index contributed by atoms with van der Waals surface area (Å²) in [6.07, 6.45) is 1.29.